The third-order valence-corrected chi connectivity index (χ3v) is 9.45. The number of hydrogen-bond donors (Lipinski definition) is 1. The van der Waals surface area contributed by atoms with Gasteiger partial charge in [-0.2, -0.15) is 0 Å². The fourth-order valence-electron chi connectivity index (χ4n) is 5.03. The van der Waals surface area contributed by atoms with E-state index in [0.29, 0.717) is 22.8 Å². The van der Waals surface area contributed by atoms with Crippen LogP contribution in [-0.2, 0) is 32.6 Å². The molecule has 0 radical (unpaired) electrons. The SMILES string of the molecule is Cc1ccc(C)c(N(CC(=O)N(Cc2cccc(Cl)c2)[C@H](Cc2ccccc2)C(=O)NCC(C)C)S(=O)(=O)c2ccccc2)c1. The molecular weight excluding hydrogens is 606 g/mol. The van der Waals surface area contributed by atoms with Crippen LogP contribution in [0.25, 0.3) is 0 Å². The Bertz CT molecular complexity index is 1710. The normalized spacial score (nSPS) is 12.0. The molecule has 0 bridgehead atoms. The number of nitrogens with one attached hydrogen (secondary N) is 1. The number of aryl methyl sites for hydroxylation is 2. The van der Waals surface area contributed by atoms with Crippen molar-refractivity contribution in [3.05, 3.63) is 130 Å². The highest BCUT2D eigenvalue weighted by molar-refractivity contribution is 7.92. The Balaban J connectivity index is 1.82. The molecule has 0 heterocycles. The molecule has 2 amide bonds. The molecule has 9 heteroatoms. The number of rotatable bonds is 13. The van der Waals surface area contributed by atoms with Crippen molar-refractivity contribution in [1.82, 2.24) is 10.2 Å². The van der Waals surface area contributed by atoms with Crippen LogP contribution < -0.4 is 9.62 Å². The van der Waals surface area contributed by atoms with Crippen molar-refractivity contribution in [3.8, 4) is 0 Å². The lowest BCUT2D eigenvalue weighted by atomic mass is 10.0. The van der Waals surface area contributed by atoms with Crippen LogP contribution in [0.2, 0.25) is 5.02 Å². The van der Waals surface area contributed by atoms with E-state index in [0.717, 1.165) is 21.0 Å². The van der Waals surface area contributed by atoms with Crippen molar-refractivity contribution in [2.75, 3.05) is 17.4 Å². The first kappa shape index (κ1) is 33.7. The van der Waals surface area contributed by atoms with Gasteiger partial charge < -0.3 is 10.2 Å². The van der Waals surface area contributed by atoms with Crippen LogP contribution in [0.3, 0.4) is 0 Å². The van der Waals surface area contributed by atoms with Crippen LogP contribution in [-0.4, -0.2) is 44.3 Å². The molecule has 0 unspecified atom stereocenters. The molecule has 4 rings (SSSR count). The van der Waals surface area contributed by atoms with Crippen LogP contribution in [0.15, 0.2) is 108 Å². The van der Waals surface area contributed by atoms with Crippen LogP contribution in [0, 0.1) is 19.8 Å². The van der Waals surface area contributed by atoms with Crippen molar-refractivity contribution >= 4 is 39.1 Å². The Morgan fingerprint density at radius 1 is 0.822 bits per heavy atom. The molecule has 0 aromatic heterocycles. The van der Waals surface area contributed by atoms with Gasteiger partial charge in [0.05, 0.1) is 10.6 Å². The highest BCUT2D eigenvalue weighted by atomic mass is 35.5. The molecule has 0 spiro atoms. The summed E-state index contributed by atoms with van der Waals surface area (Å²) in [5.74, 6) is -0.637. The number of anilines is 1. The molecule has 0 aliphatic heterocycles. The summed E-state index contributed by atoms with van der Waals surface area (Å²) in [6.45, 7) is 7.66. The number of nitrogens with zero attached hydrogens (tertiary/aromatic N) is 2. The van der Waals surface area contributed by atoms with E-state index in [1.54, 1.807) is 42.5 Å². The maximum Gasteiger partial charge on any atom is 0.264 e. The number of carbonyl (C=O) groups is 2. The average Bonchev–Trinajstić information content (AvgIpc) is 3.02. The Labute approximate surface area is 271 Å². The topological polar surface area (TPSA) is 86.8 Å². The summed E-state index contributed by atoms with van der Waals surface area (Å²) in [5.41, 5.74) is 3.54. The highest BCUT2D eigenvalue weighted by Gasteiger charge is 2.35. The van der Waals surface area contributed by atoms with Crippen molar-refractivity contribution in [2.45, 2.75) is 51.6 Å². The Kier molecular flexibility index (Phi) is 11.4. The Morgan fingerprint density at radius 2 is 1.47 bits per heavy atom. The van der Waals surface area contributed by atoms with Crippen LogP contribution in [0.4, 0.5) is 5.69 Å². The molecule has 7 nitrogen and oxygen atoms in total. The van der Waals surface area contributed by atoms with E-state index in [2.05, 4.69) is 5.32 Å². The van der Waals surface area contributed by atoms with E-state index >= 15 is 0 Å². The van der Waals surface area contributed by atoms with E-state index in [-0.39, 0.29) is 29.7 Å². The maximum absolute atomic E-state index is 14.6. The minimum Gasteiger partial charge on any atom is -0.354 e. The summed E-state index contributed by atoms with van der Waals surface area (Å²) in [4.78, 5) is 30.0. The van der Waals surface area contributed by atoms with Crippen LogP contribution >= 0.6 is 11.6 Å². The average molecular weight is 646 g/mol. The summed E-state index contributed by atoms with van der Waals surface area (Å²) in [6, 6.07) is 29.2. The Hall–Kier alpha value is -4.14. The number of amides is 2. The van der Waals surface area contributed by atoms with Crippen molar-refractivity contribution in [3.63, 3.8) is 0 Å². The summed E-state index contributed by atoms with van der Waals surface area (Å²) in [7, 11) is -4.16. The molecule has 4 aromatic rings. The van der Waals surface area contributed by atoms with Gasteiger partial charge in [-0.3, -0.25) is 13.9 Å². The minimum absolute atomic E-state index is 0.0536. The number of benzene rings is 4. The standard InChI is InChI=1S/C36H40ClN3O4S/c1-26(2)23-38-36(42)34(22-29-12-7-5-8-13-29)39(24-30-14-11-15-31(37)21-30)35(41)25-40(33-20-27(3)18-19-28(33)4)45(43,44)32-16-9-6-10-17-32/h5-21,26,34H,22-25H2,1-4H3,(H,38,42)/t34-/m1/s1. The largest absolute Gasteiger partial charge is 0.354 e. The van der Waals surface area contributed by atoms with Gasteiger partial charge in [0.2, 0.25) is 11.8 Å². The fourth-order valence-corrected chi connectivity index (χ4v) is 6.73. The fraction of sp³-hybridized carbons (Fsp3) is 0.278. The number of sulfonamides is 1. The van der Waals surface area contributed by atoms with E-state index in [1.165, 1.54) is 17.0 Å². The van der Waals surface area contributed by atoms with Gasteiger partial charge in [0.15, 0.2) is 0 Å². The second-order valence-corrected chi connectivity index (χ2v) is 13.9. The van der Waals surface area contributed by atoms with Gasteiger partial charge in [-0.15, -0.1) is 0 Å². The summed E-state index contributed by atoms with van der Waals surface area (Å²) in [5, 5.41) is 3.49. The number of halogens is 1. The van der Waals surface area contributed by atoms with Crippen LogP contribution in [0.1, 0.15) is 36.1 Å². The van der Waals surface area contributed by atoms with E-state index < -0.39 is 28.5 Å². The molecule has 0 saturated heterocycles. The first-order valence-electron chi connectivity index (χ1n) is 15.0. The third kappa shape index (κ3) is 8.96. The van der Waals surface area contributed by atoms with E-state index in [1.807, 2.05) is 76.2 Å². The third-order valence-electron chi connectivity index (χ3n) is 7.44. The highest BCUT2D eigenvalue weighted by Crippen LogP contribution is 2.29. The first-order valence-corrected chi connectivity index (χ1v) is 16.8. The van der Waals surface area contributed by atoms with Crippen LogP contribution in [0.5, 0.6) is 0 Å². The lowest BCUT2D eigenvalue weighted by molar-refractivity contribution is -0.140. The second-order valence-electron chi connectivity index (χ2n) is 11.6. The minimum atomic E-state index is -4.16. The summed E-state index contributed by atoms with van der Waals surface area (Å²) in [6.07, 6.45) is 0.242. The molecule has 0 saturated carbocycles. The zero-order chi connectivity index (χ0) is 32.6. The predicted molar refractivity (Wildman–Crippen MR) is 181 cm³/mol. The van der Waals surface area contributed by atoms with Gasteiger partial charge in [-0.25, -0.2) is 8.42 Å². The molecule has 1 atom stereocenters. The smallest absolute Gasteiger partial charge is 0.264 e. The molecule has 0 aliphatic rings. The van der Waals surface area contributed by atoms with Gasteiger partial charge in [0, 0.05) is 24.5 Å². The molecule has 0 fully saturated rings. The lowest BCUT2D eigenvalue weighted by Gasteiger charge is -2.34. The summed E-state index contributed by atoms with van der Waals surface area (Å²) >= 11 is 6.32. The predicted octanol–water partition coefficient (Wildman–Crippen LogP) is 6.56. The van der Waals surface area contributed by atoms with E-state index in [4.69, 9.17) is 11.6 Å². The second kappa shape index (κ2) is 15.2. The molecular formula is C36H40ClN3O4S. The Morgan fingerprint density at radius 3 is 2.11 bits per heavy atom. The van der Waals surface area contributed by atoms with Gasteiger partial charge in [0.25, 0.3) is 10.0 Å². The zero-order valence-corrected chi connectivity index (χ0v) is 27.7. The lowest BCUT2D eigenvalue weighted by Crippen LogP contribution is -2.53. The summed E-state index contributed by atoms with van der Waals surface area (Å²) < 4.78 is 29.5. The number of hydrogen-bond acceptors (Lipinski definition) is 4. The number of carbonyl (C=O) groups excluding carboxylic acids is 2. The molecule has 1 N–H and O–H groups in total. The molecule has 45 heavy (non-hydrogen) atoms. The van der Waals surface area contributed by atoms with Gasteiger partial charge >= 0.3 is 0 Å². The van der Waals surface area contributed by atoms with E-state index in [9.17, 15) is 18.0 Å². The van der Waals surface area contributed by atoms with Gasteiger partial charge in [0.1, 0.15) is 12.6 Å². The zero-order valence-electron chi connectivity index (χ0n) is 26.1. The monoisotopic (exact) mass is 645 g/mol. The van der Waals surface area contributed by atoms with Crippen molar-refractivity contribution in [1.29, 1.82) is 0 Å². The first-order chi connectivity index (χ1) is 21.5. The molecule has 0 aliphatic carbocycles. The van der Waals surface area contributed by atoms with Crippen molar-refractivity contribution < 1.29 is 18.0 Å². The molecule has 4 aromatic carbocycles. The quantitative estimate of drug-likeness (QED) is 0.178. The van der Waals surface area contributed by atoms with Crippen molar-refractivity contribution in [2.24, 2.45) is 5.92 Å². The molecule has 236 valence electrons. The maximum atomic E-state index is 14.6. The van der Waals surface area contributed by atoms with Gasteiger partial charge in [-0.1, -0.05) is 98.2 Å². The van der Waals surface area contributed by atoms with Gasteiger partial charge in [-0.05, 0) is 72.4 Å².